The summed E-state index contributed by atoms with van der Waals surface area (Å²) in [6.45, 7) is 0.736. The molecular formula is C30H33N3O7. The highest BCUT2D eigenvalue weighted by molar-refractivity contribution is 6.24. The predicted octanol–water partition coefficient (Wildman–Crippen LogP) is 2.38. The number of carbonyl (C=O) groups excluding carboxylic acids is 3. The van der Waals surface area contributed by atoms with E-state index >= 15 is 0 Å². The molecule has 3 aliphatic carbocycles. The molecule has 10 nitrogen and oxygen atoms in total. The van der Waals surface area contributed by atoms with Crippen LogP contribution in [-0.4, -0.2) is 76.6 Å². The highest BCUT2D eigenvalue weighted by Gasteiger charge is 2.59. The second-order valence-corrected chi connectivity index (χ2v) is 11.4. The van der Waals surface area contributed by atoms with Gasteiger partial charge < -0.3 is 36.0 Å². The molecule has 2 aromatic rings. The Hall–Kier alpha value is -4.15. The number of carbonyl (C=O) groups is 3. The zero-order valence-electron chi connectivity index (χ0n) is 22.9. The van der Waals surface area contributed by atoms with E-state index in [4.69, 9.17) is 5.73 Å². The molecule has 3 atom stereocenters. The van der Waals surface area contributed by atoms with Gasteiger partial charge in [-0.05, 0) is 55.6 Å². The molecule has 0 saturated carbocycles. The molecule has 6 N–H and O–H groups in total. The number of anilines is 1. The van der Waals surface area contributed by atoms with Crippen molar-refractivity contribution in [3.8, 4) is 16.9 Å². The van der Waals surface area contributed by atoms with Gasteiger partial charge in [-0.1, -0.05) is 24.3 Å². The molecule has 40 heavy (non-hydrogen) atoms. The molecule has 10 heteroatoms. The first kappa shape index (κ1) is 27.4. The Morgan fingerprint density at radius 3 is 2.27 bits per heavy atom. The monoisotopic (exact) mass is 547 g/mol. The number of hydrogen-bond acceptors (Lipinski definition) is 9. The van der Waals surface area contributed by atoms with Gasteiger partial charge in [0, 0.05) is 49.8 Å². The second kappa shape index (κ2) is 9.50. The number of phenolic OH excluding ortho intramolecular Hbond substituents is 1. The summed E-state index contributed by atoms with van der Waals surface area (Å²) in [4.78, 5) is 43.0. The van der Waals surface area contributed by atoms with E-state index < -0.39 is 52.0 Å². The van der Waals surface area contributed by atoms with Crippen LogP contribution in [0.4, 0.5) is 5.69 Å². The fourth-order valence-corrected chi connectivity index (χ4v) is 6.44. The van der Waals surface area contributed by atoms with Crippen molar-refractivity contribution < 1.29 is 34.8 Å². The molecule has 5 rings (SSSR count). The van der Waals surface area contributed by atoms with Crippen LogP contribution in [0.25, 0.3) is 11.1 Å². The topological polar surface area (TPSA) is 165 Å². The van der Waals surface area contributed by atoms with Crippen LogP contribution in [0.2, 0.25) is 0 Å². The molecule has 0 unspecified atom stereocenters. The van der Waals surface area contributed by atoms with Gasteiger partial charge in [-0.25, -0.2) is 0 Å². The normalized spacial score (nSPS) is 24.1. The standard InChI is InChI=1S/C30H33N3O7/c1-32(2)13-14-5-7-15(8-6-14)18-12-20(33(3)4)19-10-16-9-17-11-21(34)24(29(31)39)28(38)30(17,40)27(37)22(16)26(36)23(19)25(18)35/h5-8,12,16-17,34-35,37,40H,9-11,13H2,1-4H3,(H2,31,39)/t16-,17+,30+/m1/s1. The van der Waals surface area contributed by atoms with E-state index in [9.17, 15) is 34.8 Å². The maximum Gasteiger partial charge on any atom is 0.255 e. The van der Waals surface area contributed by atoms with Crippen molar-refractivity contribution in [3.05, 3.63) is 69.7 Å². The summed E-state index contributed by atoms with van der Waals surface area (Å²) in [6, 6.07) is 9.45. The number of amides is 1. The maximum absolute atomic E-state index is 14.0. The van der Waals surface area contributed by atoms with Crippen LogP contribution >= 0.6 is 0 Å². The number of aliphatic hydroxyl groups is 3. The van der Waals surface area contributed by atoms with E-state index in [-0.39, 0.29) is 36.1 Å². The van der Waals surface area contributed by atoms with Gasteiger partial charge >= 0.3 is 0 Å². The Bertz CT molecular complexity index is 1520. The highest BCUT2D eigenvalue weighted by atomic mass is 16.3. The van der Waals surface area contributed by atoms with Gasteiger partial charge in [0.2, 0.25) is 5.78 Å². The number of rotatable bonds is 5. The number of primary amides is 1. The molecule has 3 aliphatic rings. The summed E-state index contributed by atoms with van der Waals surface area (Å²) in [5.74, 6) is -6.38. The number of benzene rings is 2. The minimum Gasteiger partial charge on any atom is -0.511 e. The zero-order valence-corrected chi connectivity index (χ0v) is 22.9. The Labute approximate surface area is 231 Å². The van der Waals surface area contributed by atoms with Crippen molar-refractivity contribution in [2.24, 2.45) is 17.6 Å². The fourth-order valence-electron chi connectivity index (χ4n) is 6.44. The smallest absolute Gasteiger partial charge is 0.255 e. The van der Waals surface area contributed by atoms with E-state index in [0.29, 0.717) is 22.4 Å². The Kier molecular flexibility index (Phi) is 6.51. The van der Waals surface area contributed by atoms with Crippen LogP contribution < -0.4 is 10.6 Å². The fraction of sp³-hybridized carbons (Fsp3) is 0.367. The van der Waals surface area contributed by atoms with Crippen molar-refractivity contribution in [1.82, 2.24) is 4.90 Å². The molecule has 2 aromatic carbocycles. The first-order valence-electron chi connectivity index (χ1n) is 13.0. The third kappa shape index (κ3) is 3.98. The van der Waals surface area contributed by atoms with Crippen molar-refractivity contribution >= 4 is 23.2 Å². The van der Waals surface area contributed by atoms with Crippen LogP contribution in [0.3, 0.4) is 0 Å². The Balaban J connectivity index is 1.67. The summed E-state index contributed by atoms with van der Waals surface area (Å²) >= 11 is 0. The molecule has 0 fully saturated rings. The number of aliphatic hydroxyl groups excluding tert-OH is 2. The number of ketones is 2. The van der Waals surface area contributed by atoms with Gasteiger partial charge in [0.05, 0.1) is 5.56 Å². The molecular weight excluding hydrogens is 514 g/mol. The number of nitrogens with two attached hydrogens (primary N) is 1. The van der Waals surface area contributed by atoms with Gasteiger partial charge in [-0.3, -0.25) is 14.4 Å². The van der Waals surface area contributed by atoms with E-state index in [1.54, 1.807) is 0 Å². The summed E-state index contributed by atoms with van der Waals surface area (Å²) in [6.07, 6.45) is 0.0765. The first-order valence-corrected chi connectivity index (χ1v) is 13.0. The summed E-state index contributed by atoms with van der Waals surface area (Å²) < 4.78 is 0. The summed E-state index contributed by atoms with van der Waals surface area (Å²) in [5.41, 5.74) is 5.21. The summed E-state index contributed by atoms with van der Waals surface area (Å²) in [5, 5.41) is 44.6. The van der Waals surface area contributed by atoms with E-state index in [1.165, 1.54) is 0 Å². The van der Waals surface area contributed by atoms with E-state index in [1.807, 2.05) is 68.3 Å². The van der Waals surface area contributed by atoms with Gasteiger partial charge in [-0.15, -0.1) is 0 Å². The molecule has 0 radical (unpaired) electrons. The molecule has 210 valence electrons. The molecule has 0 aromatic heterocycles. The van der Waals surface area contributed by atoms with Crippen LogP contribution in [0.15, 0.2) is 53.0 Å². The van der Waals surface area contributed by atoms with Crippen molar-refractivity contribution in [1.29, 1.82) is 0 Å². The molecule has 0 aliphatic heterocycles. The molecule has 1 amide bonds. The molecule has 0 saturated heterocycles. The summed E-state index contributed by atoms with van der Waals surface area (Å²) in [7, 11) is 7.59. The van der Waals surface area contributed by atoms with Crippen molar-refractivity contribution in [2.75, 3.05) is 33.1 Å². The number of fused-ring (bicyclic) bond motifs is 3. The largest absolute Gasteiger partial charge is 0.511 e. The van der Waals surface area contributed by atoms with Gasteiger partial charge in [-0.2, -0.15) is 0 Å². The average molecular weight is 548 g/mol. The average Bonchev–Trinajstić information content (AvgIpc) is 2.86. The minimum atomic E-state index is -2.59. The number of allylic oxidation sites excluding steroid dienone is 2. The number of Topliss-reactive ketones (excluding diaryl/α,β-unsaturated/α-hetero) is 2. The van der Waals surface area contributed by atoms with Gasteiger partial charge in [0.25, 0.3) is 5.91 Å². The predicted molar refractivity (Wildman–Crippen MR) is 148 cm³/mol. The van der Waals surface area contributed by atoms with Crippen LogP contribution in [0, 0.1) is 11.8 Å². The van der Waals surface area contributed by atoms with Crippen LogP contribution in [0.5, 0.6) is 5.75 Å². The first-order chi connectivity index (χ1) is 18.8. The van der Waals surface area contributed by atoms with E-state index in [2.05, 4.69) is 0 Å². The van der Waals surface area contributed by atoms with Gasteiger partial charge in [0.15, 0.2) is 11.4 Å². The molecule has 0 heterocycles. The number of hydrogen-bond donors (Lipinski definition) is 5. The maximum atomic E-state index is 14.0. The quantitative estimate of drug-likeness (QED) is 0.354. The van der Waals surface area contributed by atoms with Crippen LogP contribution in [-0.2, 0) is 22.6 Å². The second-order valence-electron chi connectivity index (χ2n) is 11.4. The number of phenols is 1. The Morgan fingerprint density at radius 2 is 1.70 bits per heavy atom. The van der Waals surface area contributed by atoms with E-state index in [0.717, 1.165) is 12.1 Å². The van der Waals surface area contributed by atoms with Gasteiger partial charge in [0.1, 0.15) is 22.8 Å². The van der Waals surface area contributed by atoms with Crippen LogP contribution in [0.1, 0.15) is 34.3 Å². The molecule has 0 bridgehead atoms. The highest BCUT2D eigenvalue weighted by Crippen LogP contribution is 2.53. The Morgan fingerprint density at radius 1 is 1.05 bits per heavy atom. The minimum absolute atomic E-state index is 0.00445. The lowest BCUT2D eigenvalue weighted by Crippen LogP contribution is -2.57. The molecule has 0 spiro atoms. The van der Waals surface area contributed by atoms with Crippen molar-refractivity contribution in [3.63, 3.8) is 0 Å². The van der Waals surface area contributed by atoms with Crippen molar-refractivity contribution in [2.45, 2.75) is 31.4 Å². The third-order valence-corrected chi connectivity index (χ3v) is 8.28. The zero-order chi connectivity index (χ0) is 29.3. The number of aromatic hydroxyl groups is 1. The lowest BCUT2D eigenvalue weighted by atomic mass is 9.60. The third-order valence-electron chi connectivity index (χ3n) is 8.28. The number of nitrogens with zero attached hydrogens (tertiary/aromatic N) is 2. The lowest BCUT2D eigenvalue weighted by molar-refractivity contribution is -0.144. The SMILES string of the molecule is CN(C)Cc1ccc(-c2cc(N(C)C)c3c(c2O)C(=O)C2=C(O)[C@]4(O)C(=O)C(C(N)=O)=C(O)C[C@@H]4C[C@@H]2C3)cc1. The lowest BCUT2D eigenvalue weighted by Gasteiger charge is -2.46.